The minimum Gasteiger partial charge on any atom is -0.384 e. The average Bonchev–Trinajstić information content (AvgIpc) is 2.67. The Labute approximate surface area is 144 Å². The van der Waals surface area contributed by atoms with Gasteiger partial charge in [0.25, 0.3) is 0 Å². The molecule has 0 spiro atoms. The Balaban J connectivity index is 1.78. The van der Waals surface area contributed by atoms with Crippen molar-refractivity contribution < 1.29 is 0 Å². The van der Waals surface area contributed by atoms with Crippen LogP contribution in [0.15, 0.2) is 67.4 Å². The summed E-state index contributed by atoms with van der Waals surface area (Å²) in [5.41, 5.74) is 9.96. The van der Waals surface area contributed by atoms with Gasteiger partial charge in [-0.25, -0.2) is 15.0 Å². The Morgan fingerprint density at radius 1 is 0.920 bits per heavy atom. The maximum absolute atomic E-state index is 5.83. The third-order valence-corrected chi connectivity index (χ3v) is 3.72. The molecule has 0 saturated carbocycles. The van der Waals surface area contributed by atoms with Gasteiger partial charge < -0.3 is 5.73 Å². The molecule has 5 nitrogen and oxygen atoms in total. The summed E-state index contributed by atoms with van der Waals surface area (Å²) in [6, 6.07) is 13.5. The second kappa shape index (κ2) is 6.38. The number of pyridine rings is 2. The molecule has 2 N–H and O–H groups in total. The van der Waals surface area contributed by atoms with Crippen LogP contribution in [0.3, 0.4) is 0 Å². The first-order valence-electron chi connectivity index (χ1n) is 7.68. The van der Waals surface area contributed by atoms with Gasteiger partial charge in [0, 0.05) is 40.7 Å². The molecule has 3 heterocycles. The van der Waals surface area contributed by atoms with Crippen molar-refractivity contribution in [2.24, 2.45) is 0 Å². The van der Waals surface area contributed by atoms with Crippen LogP contribution >= 0.6 is 0 Å². The molecular weight excluding hydrogens is 310 g/mol. The van der Waals surface area contributed by atoms with Crippen LogP contribution in [0, 0.1) is 11.8 Å². The van der Waals surface area contributed by atoms with Gasteiger partial charge in [0.2, 0.25) is 0 Å². The number of fused-ring (bicyclic) bond motifs is 1. The van der Waals surface area contributed by atoms with Gasteiger partial charge in [-0.2, -0.15) is 0 Å². The van der Waals surface area contributed by atoms with E-state index in [1.54, 1.807) is 24.7 Å². The van der Waals surface area contributed by atoms with Gasteiger partial charge in [-0.05, 0) is 42.3 Å². The molecule has 0 aliphatic carbocycles. The quantitative estimate of drug-likeness (QED) is 0.545. The number of hydrogen-bond acceptors (Lipinski definition) is 5. The van der Waals surface area contributed by atoms with Gasteiger partial charge in [-0.1, -0.05) is 12.0 Å². The summed E-state index contributed by atoms with van der Waals surface area (Å²) in [7, 11) is 0. The number of hydrogen-bond donors (Lipinski definition) is 1. The van der Waals surface area contributed by atoms with Crippen molar-refractivity contribution in [3.8, 4) is 23.0 Å². The van der Waals surface area contributed by atoms with E-state index in [1.807, 2.05) is 36.4 Å². The summed E-state index contributed by atoms with van der Waals surface area (Å²) < 4.78 is 0. The SMILES string of the molecule is Nc1ccc(-c2cncnc2)c(C#Cc2ccc3ncccc3c2)n1. The molecule has 0 radical (unpaired) electrons. The zero-order valence-electron chi connectivity index (χ0n) is 13.2. The van der Waals surface area contributed by atoms with Crippen molar-refractivity contribution in [2.75, 3.05) is 5.73 Å². The number of benzene rings is 1. The summed E-state index contributed by atoms with van der Waals surface area (Å²) in [6.45, 7) is 0. The smallest absolute Gasteiger partial charge is 0.124 e. The average molecular weight is 323 g/mol. The van der Waals surface area contributed by atoms with Gasteiger partial charge in [-0.3, -0.25) is 4.98 Å². The monoisotopic (exact) mass is 323 g/mol. The summed E-state index contributed by atoms with van der Waals surface area (Å²) in [5, 5.41) is 1.05. The van der Waals surface area contributed by atoms with Gasteiger partial charge in [-0.15, -0.1) is 0 Å². The molecule has 0 amide bonds. The molecule has 0 unspecified atom stereocenters. The molecular formula is C20H13N5. The molecule has 1 aromatic carbocycles. The van der Waals surface area contributed by atoms with E-state index in [4.69, 9.17) is 5.73 Å². The van der Waals surface area contributed by atoms with Gasteiger partial charge in [0.05, 0.1) is 5.52 Å². The summed E-state index contributed by atoms with van der Waals surface area (Å²) in [6.07, 6.45) is 6.72. The van der Waals surface area contributed by atoms with E-state index in [0.29, 0.717) is 11.5 Å². The number of nitrogens with two attached hydrogens (primary N) is 1. The fourth-order valence-electron chi connectivity index (χ4n) is 2.53. The molecule has 0 saturated heterocycles. The van der Waals surface area contributed by atoms with E-state index in [0.717, 1.165) is 27.6 Å². The highest BCUT2D eigenvalue weighted by molar-refractivity contribution is 5.80. The number of nitrogen functional groups attached to an aromatic ring is 1. The lowest BCUT2D eigenvalue weighted by Gasteiger charge is -2.04. The van der Waals surface area contributed by atoms with E-state index in [2.05, 4.69) is 31.8 Å². The highest BCUT2D eigenvalue weighted by atomic mass is 14.8. The fraction of sp³-hybridized carbons (Fsp3) is 0. The second-order valence-electron chi connectivity index (χ2n) is 5.42. The lowest BCUT2D eigenvalue weighted by atomic mass is 10.1. The molecule has 0 aliphatic rings. The minimum absolute atomic E-state index is 0.424. The summed E-state index contributed by atoms with van der Waals surface area (Å²) in [5.74, 6) is 6.69. The zero-order valence-corrected chi connectivity index (χ0v) is 13.2. The van der Waals surface area contributed by atoms with Crippen LogP contribution in [-0.2, 0) is 0 Å². The normalized spacial score (nSPS) is 10.2. The largest absolute Gasteiger partial charge is 0.384 e. The third kappa shape index (κ3) is 3.14. The van der Waals surface area contributed by atoms with E-state index < -0.39 is 0 Å². The Hall–Kier alpha value is -3.78. The second-order valence-corrected chi connectivity index (χ2v) is 5.42. The minimum atomic E-state index is 0.424. The number of anilines is 1. The third-order valence-electron chi connectivity index (χ3n) is 3.72. The molecule has 3 aromatic heterocycles. The first-order chi connectivity index (χ1) is 12.3. The zero-order chi connectivity index (χ0) is 17.1. The molecule has 0 fully saturated rings. The summed E-state index contributed by atoms with van der Waals surface area (Å²) in [4.78, 5) is 16.8. The van der Waals surface area contributed by atoms with Crippen LogP contribution in [0.4, 0.5) is 5.82 Å². The van der Waals surface area contributed by atoms with Crippen molar-refractivity contribution in [3.05, 3.63) is 78.6 Å². The van der Waals surface area contributed by atoms with Crippen LogP contribution in [0.5, 0.6) is 0 Å². The lowest BCUT2D eigenvalue weighted by molar-refractivity contribution is 1.16. The van der Waals surface area contributed by atoms with Crippen molar-refractivity contribution in [3.63, 3.8) is 0 Å². The van der Waals surface area contributed by atoms with E-state index in [1.165, 1.54) is 6.33 Å². The Morgan fingerprint density at radius 2 is 1.80 bits per heavy atom. The van der Waals surface area contributed by atoms with Crippen LogP contribution in [0.25, 0.3) is 22.0 Å². The Bertz CT molecular complexity index is 1110. The molecule has 4 aromatic rings. The number of aromatic nitrogens is 4. The molecule has 0 aliphatic heterocycles. The molecule has 0 atom stereocenters. The van der Waals surface area contributed by atoms with Gasteiger partial charge in [0.15, 0.2) is 0 Å². The standard InChI is InChI=1S/C20H13N5/c21-20-8-5-17(16-11-22-13-23-12-16)19(25-20)7-4-14-3-6-18-15(10-14)2-1-9-24-18/h1-3,5-6,8-13H,(H2,21,25). The van der Waals surface area contributed by atoms with Crippen LogP contribution in [0.1, 0.15) is 11.3 Å². The first-order valence-corrected chi connectivity index (χ1v) is 7.68. The Kier molecular flexibility index (Phi) is 3.77. The van der Waals surface area contributed by atoms with Crippen molar-refractivity contribution in [1.82, 2.24) is 19.9 Å². The predicted octanol–water partition coefficient (Wildman–Crippen LogP) is 3.07. The van der Waals surface area contributed by atoms with Crippen molar-refractivity contribution in [1.29, 1.82) is 0 Å². The highest BCUT2D eigenvalue weighted by Crippen LogP contribution is 2.21. The molecule has 5 heteroatoms. The van der Waals surface area contributed by atoms with Crippen molar-refractivity contribution >= 4 is 16.7 Å². The molecule has 25 heavy (non-hydrogen) atoms. The predicted molar refractivity (Wildman–Crippen MR) is 97.4 cm³/mol. The highest BCUT2D eigenvalue weighted by Gasteiger charge is 2.06. The number of nitrogens with zero attached hydrogens (tertiary/aromatic N) is 4. The first kappa shape index (κ1) is 14.8. The van der Waals surface area contributed by atoms with Crippen molar-refractivity contribution in [2.45, 2.75) is 0 Å². The maximum Gasteiger partial charge on any atom is 0.124 e. The van der Waals surface area contributed by atoms with E-state index in [-0.39, 0.29) is 0 Å². The van der Waals surface area contributed by atoms with Gasteiger partial charge >= 0.3 is 0 Å². The van der Waals surface area contributed by atoms with E-state index >= 15 is 0 Å². The molecule has 0 bridgehead atoms. The lowest BCUT2D eigenvalue weighted by Crippen LogP contribution is -1.96. The topological polar surface area (TPSA) is 77.6 Å². The summed E-state index contributed by atoms with van der Waals surface area (Å²) >= 11 is 0. The maximum atomic E-state index is 5.83. The fourth-order valence-corrected chi connectivity index (χ4v) is 2.53. The van der Waals surface area contributed by atoms with Crippen LogP contribution in [0.2, 0.25) is 0 Å². The Morgan fingerprint density at radius 3 is 2.68 bits per heavy atom. The van der Waals surface area contributed by atoms with Crippen LogP contribution in [-0.4, -0.2) is 19.9 Å². The number of rotatable bonds is 1. The molecule has 118 valence electrons. The van der Waals surface area contributed by atoms with E-state index in [9.17, 15) is 0 Å². The molecule has 4 rings (SSSR count). The van der Waals surface area contributed by atoms with Gasteiger partial charge in [0.1, 0.15) is 17.8 Å². The van der Waals surface area contributed by atoms with Crippen LogP contribution < -0.4 is 5.73 Å².